The van der Waals surface area contributed by atoms with Crippen LogP contribution in [0.4, 0.5) is 21.5 Å². The maximum absolute atomic E-state index is 13.9. The van der Waals surface area contributed by atoms with Gasteiger partial charge in [0.1, 0.15) is 5.82 Å². The average molecular weight is 334 g/mol. The number of hydrogen-bond donors (Lipinski definition) is 1. The Labute approximate surface area is 141 Å². The van der Waals surface area contributed by atoms with Crippen molar-refractivity contribution in [3.05, 3.63) is 52.3 Å². The van der Waals surface area contributed by atoms with E-state index in [2.05, 4.69) is 10.3 Å². The predicted molar refractivity (Wildman–Crippen MR) is 97.1 cm³/mol. The lowest BCUT2D eigenvalue weighted by molar-refractivity contribution is 0.552. The van der Waals surface area contributed by atoms with Crippen molar-refractivity contribution in [3.8, 4) is 0 Å². The van der Waals surface area contributed by atoms with E-state index in [4.69, 9.17) is 11.6 Å². The first-order valence-electron chi connectivity index (χ1n) is 7.48. The molecule has 0 bridgehead atoms. The molecule has 0 aromatic heterocycles. The Balaban J connectivity index is 2.37. The normalized spacial score (nSPS) is 11.0. The fourth-order valence-electron chi connectivity index (χ4n) is 2.05. The third-order valence-electron chi connectivity index (χ3n) is 3.63. The molecule has 3 nitrogen and oxygen atoms in total. The summed E-state index contributed by atoms with van der Waals surface area (Å²) in [4.78, 5) is 6.29. The molecule has 0 saturated heterocycles. The topological polar surface area (TPSA) is 27.6 Å². The Morgan fingerprint density at radius 2 is 1.96 bits per heavy atom. The van der Waals surface area contributed by atoms with E-state index >= 15 is 0 Å². The molecule has 2 aromatic rings. The van der Waals surface area contributed by atoms with Crippen LogP contribution >= 0.6 is 11.6 Å². The van der Waals surface area contributed by atoms with Gasteiger partial charge in [-0.3, -0.25) is 0 Å². The molecular formula is C18H21ClFN3. The van der Waals surface area contributed by atoms with Crippen molar-refractivity contribution in [2.75, 3.05) is 18.9 Å². The van der Waals surface area contributed by atoms with Crippen LogP contribution in [0.1, 0.15) is 18.1 Å². The van der Waals surface area contributed by atoms with E-state index < -0.39 is 0 Å². The second-order valence-corrected chi connectivity index (χ2v) is 5.93. The second kappa shape index (κ2) is 7.47. The minimum absolute atomic E-state index is 0.340. The standard InChI is InChI=1S/C18H21ClFN3/c1-5-23(4)11-21-16-9-14(20)10-17(13(16)3)22-18-8-12(2)6-7-15(18)19/h6-11,22H,5H2,1-4H3. The van der Waals surface area contributed by atoms with Gasteiger partial charge >= 0.3 is 0 Å². The van der Waals surface area contributed by atoms with Crippen molar-refractivity contribution >= 4 is 35.0 Å². The number of halogens is 2. The molecule has 0 aliphatic rings. The number of aliphatic imine (C=N–C) groups is 1. The molecule has 0 heterocycles. The van der Waals surface area contributed by atoms with Crippen molar-refractivity contribution in [2.24, 2.45) is 4.99 Å². The first-order chi connectivity index (χ1) is 10.9. The van der Waals surface area contributed by atoms with Gasteiger partial charge in [0, 0.05) is 19.3 Å². The first-order valence-corrected chi connectivity index (χ1v) is 7.86. The lowest BCUT2D eigenvalue weighted by Crippen LogP contribution is -2.14. The van der Waals surface area contributed by atoms with Crippen LogP contribution in [0, 0.1) is 19.7 Å². The van der Waals surface area contributed by atoms with Crippen LogP contribution in [-0.4, -0.2) is 24.8 Å². The third-order valence-corrected chi connectivity index (χ3v) is 3.96. The number of nitrogens with one attached hydrogen (secondary N) is 1. The highest BCUT2D eigenvalue weighted by Crippen LogP contribution is 2.32. The van der Waals surface area contributed by atoms with Crippen LogP contribution in [0.2, 0.25) is 5.02 Å². The van der Waals surface area contributed by atoms with E-state index in [-0.39, 0.29) is 5.82 Å². The maximum Gasteiger partial charge on any atom is 0.127 e. The molecule has 0 unspecified atom stereocenters. The highest BCUT2D eigenvalue weighted by Gasteiger charge is 2.09. The first kappa shape index (κ1) is 17.3. The van der Waals surface area contributed by atoms with Crippen LogP contribution < -0.4 is 5.32 Å². The monoisotopic (exact) mass is 333 g/mol. The highest BCUT2D eigenvalue weighted by molar-refractivity contribution is 6.33. The van der Waals surface area contributed by atoms with E-state index in [0.717, 1.165) is 23.4 Å². The number of aryl methyl sites for hydroxylation is 1. The van der Waals surface area contributed by atoms with Gasteiger partial charge in [-0.2, -0.15) is 0 Å². The summed E-state index contributed by atoms with van der Waals surface area (Å²) < 4.78 is 13.9. The molecule has 0 aliphatic carbocycles. The Kier molecular flexibility index (Phi) is 5.61. The smallest absolute Gasteiger partial charge is 0.127 e. The fourth-order valence-corrected chi connectivity index (χ4v) is 2.22. The molecule has 0 radical (unpaired) electrons. The molecule has 0 fully saturated rings. The lowest BCUT2D eigenvalue weighted by Gasteiger charge is -2.14. The van der Waals surface area contributed by atoms with E-state index in [1.807, 2.05) is 50.9 Å². The van der Waals surface area contributed by atoms with Crippen molar-refractivity contribution < 1.29 is 4.39 Å². The number of rotatable bonds is 5. The van der Waals surface area contributed by atoms with E-state index in [1.54, 1.807) is 6.34 Å². The van der Waals surface area contributed by atoms with Crippen molar-refractivity contribution in [1.29, 1.82) is 0 Å². The third kappa shape index (κ3) is 4.45. The molecule has 2 aromatic carbocycles. The molecule has 0 amide bonds. The van der Waals surface area contributed by atoms with Gasteiger partial charge in [0.2, 0.25) is 0 Å². The van der Waals surface area contributed by atoms with Crippen LogP contribution in [-0.2, 0) is 0 Å². The summed E-state index contributed by atoms with van der Waals surface area (Å²) in [5, 5.41) is 3.80. The van der Waals surface area contributed by atoms with E-state index in [1.165, 1.54) is 12.1 Å². The predicted octanol–water partition coefficient (Wildman–Crippen LogP) is 5.45. The summed E-state index contributed by atoms with van der Waals surface area (Å²) in [5.41, 5.74) is 3.94. The molecular weight excluding hydrogens is 313 g/mol. The van der Waals surface area contributed by atoms with E-state index in [0.29, 0.717) is 16.4 Å². The summed E-state index contributed by atoms with van der Waals surface area (Å²) in [7, 11) is 1.92. The number of benzene rings is 2. The molecule has 1 N–H and O–H groups in total. The van der Waals surface area contributed by atoms with Gasteiger partial charge in [-0.25, -0.2) is 9.38 Å². The summed E-state index contributed by atoms with van der Waals surface area (Å²) in [6, 6.07) is 8.57. The van der Waals surface area contributed by atoms with Gasteiger partial charge in [-0.15, -0.1) is 0 Å². The molecule has 122 valence electrons. The molecule has 0 saturated carbocycles. The van der Waals surface area contributed by atoms with Crippen LogP contribution in [0.25, 0.3) is 0 Å². The van der Waals surface area contributed by atoms with Crippen LogP contribution in [0.5, 0.6) is 0 Å². The zero-order valence-corrected chi connectivity index (χ0v) is 14.6. The zero-order valence-electron chi connectivity index (χ0n) is 13.8. The molecule has 5 heteroatoms. The number of nitrogens with zero attached hydrogens (tertiary/aromatic N) is 2. The molecule has 0 aliphatic heterocycles. The van der Waals surface area contributed by atoms with Crippen LogP contribution in [0.15, 0.2) is 35.3 Å². The van der Waals surface area contributed by atoms with Gasteiger partial charge in [-0.1, -0.05) is 17.7 Å². The van der Waals surface area contributed by atoms with Crippen LogP contribution in [0.3, 0.4) is 0 Å². The van der Waals surface area contributed by atoms with Crippen molar-refractivity contribution in [3.63, 3.8) is 0 Å². The van der Waals surface area contributed by atoms with Crippen molar-refractivity contribution in [1.82, 2.24) is 4.90 Å². The fraction of sp³-hybridized carbons (Fsp3) is 0.278. The molecule has 0 spiro atoms. The highest BCUT2D eigenvalue weighted by atomic mass is 35.5. The number of anilines is 2. The largest absolute Gasteiger partial charge is 0.366 e. The summed E-state index contributed by atoms with van der Waals surface area (Å²) in [6.45, 7) is 6.75. The Hall–Kier alpha value is -2.07. The number of hydrogen-bond acceptors (Lipinski definition) is 2. The zero-order chi connectivity index (χ0) is 17.0. The Bertz CT molecular complexity index is 728. The quantitative estimate of drug-likeness (QED) is 0.582. The minimum Gasteiger partial charge on any atom is -0.366 e. The van der Waals surface area contributed by atoms with Gasteiger partial charge in [0.25, 0.3) is 0 Å². The summed E-state index contributed by atoms with van der Waals surface area (Å²) >= 11 is 6.21. The Morgan fingerprint density at radius 3 is 2.65 bits per heavy atom. The van der Waals surface area contributed by atoms with Gasteiger partial charge in [0.15, 0.2) is 0 Å². The van der Waals surface area contributed by atoms with E-state index in [9.17, 15) is 4.39 Å². The maximum atomic E-state index is 13.9. The SMILES string of the molecule is CCN(C)C=Nc1cc(F)cc(Nc2cc(C)ccc2Cl)c1C. The summed E-state index contributed by atoms with van der Waals surface area (Å²) in [5.74, 6) is -0.340. The minimum atomic E-state index is -0.340. The molecule has 23 heavy (non-hydrogen) atoms. The molecule has 0 atom stereocenters. The average Bonchev–Trinajstić information content (AvgIpc) is 2.52. The van der Waals surface area contributed by atoms with Crippen molar-refractivity contribution in [2.45, 2.75) is 20.8 Å². The Morgan fingerprint density at radius 1 is 1.22 bits per heavy atom. The van der Waals surface area contributed by atoms with Gasteiger partial charge in [0.05, 0.1) is 22.7 Å². The second-order valence-electron chi connectivity index (χ2n) is 5.52. The lowest BCUT2D eigenvalue weighted by atomic mass is 10.1. The molecule has 2 rings (SSSR count). The summed E-state index contributed by atoms with van der Waals surface area (Å²) in [6.07, 6.45) is 1.70. The van der Waals surface area contributed by atoms with Gasteiger partial charge < -0.3 is 10.2 Å². The van der Waals surface area contributed by atoms with Gasteiger partial charge in [-0.05, 0) is 56.2 Å².